The molecule has 0 saturated carbocycles. The summed E-state index contributed by atoms with van der Waals surface area (Å²) in [5, 5.41) is 4.54. The largest absolute Gasteiger partial charge is 0.339 e. The topological polar surface area (TPSA) is 66.8 Å². The SMILES string of the molecule is Cc1ncccc1CN1Cc2ncnc(Nc3cnc4ccccc4c3)c2C1. The van der Waals surface area contributed by atoms with Crippen molar-refractivity contribution in [2.75, 3.05) is 5.32 Å². The Hall–Kier alpha value is -3.38. The molecule has 0 atom stereocenters. The highest BCUT2D eigenvalue weighted by Gasteiger charge is 2.24. The molecule has 0 aliphatic carbocycles. The number of aromatic nitrogens is 4. The standard InChI is InChI=1S/C22H20N6/c1-15-17(6-4-8-23-15)11-28-12-19-21(13-28)25-14-26-22(19)27-18-9-16-5-2-3-7-20(16)24-10-18/h2-10,14H,11-13H2,1H3,(H,25,26,27). The molecule has 0 radical (unpaired) electrons. The van der Waals surface area contributed by atoms with Crippen molar-refractivity contribution in [3.05, 3.63) is 83.7 Å². The predicted molar refractivity (Wildman–Crippen MR) is 109 cm³/mol. The number of nitrogens with zero attached hydrogens (tertiary/aromatic N) is 5. The van der Waals surface area contributed by atoms with Crippen LogP contribution in [0, 0.1) is 6.92 Å². The van der Waals surface area contributed by atoms with E-state index < -0.39 is 0 Å². The number of anilines is 2. The molecule has 3 aromatic heterocycles. The molecule has 4 aromatic rings. The Morgan fingerprint density at radius 1 is 1.00 bits per heavy atom. The van der Waals surface area contributed by atoms with Crippen molar-refractivity contribution >= 4 is 22.4 Å². The second kappa shape index (κ2) is 6.98. The monoisotopic (exact) mass is 368 g/mol. The van der Waals surface area contributed by atoms with Gasteiger partial charge in [0.15, 0.2) is 0 Å². The third kappa shape index (κ3) is 3.18. The third-order valence-electron chi connectivity index (χ3n) is 5.15. The summed E-state index contributed by atoms with van der Waals surface area (Å²) in [4.78, 5) is 20.3. The van der Waals surface area contributed by atoms with Crippen molar-refractivity contribution in [3.63, 3.8) is 0 Å². The van der Waals surface area contributed by atoms with Gasteiger partial charge < -0.3 is 5.32 Å². The van der Waals surface area contributed by atoms with Crippen molar-refractivity contribution in [2.45, 2.75) is 26.6 Å². The average Bonchev–Trinajstić information content (AvgIpc) is 3.13. The first kappa shape index (κ1) is 16.8. The molecule has 0 bridgehead atoms. The van der Waals surface area contributed by atoms with E-state index in [2.05, 4.69) is 55.3 Å². The maximum Gasteiger partial charge on any atom is 0.138 e. The molecule has 138 valence electrons. The Morgan fingerprint density at radius 3 is 2.86 bits per heavy atom. The van der Waals surface area contributed by atoms with E-state index in [-0.39, 0.29) is 0 Å². The maximum atomic E-state index is 4.53. The zero-order chi connectivity index (χ0) is 18.9. The van der Waals surface area contributed by atoms with Crippen molar-refractivity contribution < 1.29 is 0 Å². The molecule has 4 heterocycles. The van der Waals surface area contributed by atoms with Gasteiger partial charge in [-0.1, -0.05) is 24.3 Å². The summed E-state index contributed by atoms with van der Waals surface area (Å²) in [6.07, 6.45) is 5.32. The highest BCUT2D eigenvalue weighted by molar-refractivity contribution is 5.82. The van der Waals surface area contributed by atoms with Gasteiger partial charge in [-0.05, 0) is 30.7 Å². The Morgan fingerprint density at radius 2 is 1.93 bits per heavy atom. The molecule has 0 spiro atoms. The zero-order valence-corrected chi connectivity index (χ0v) is 15.6. The normalized spacial score (nSPS) is 13.6. The lowest BCUT2D eigenvalue weighted by atomic mass is 10.2. The van der Waals surface area contributed by atoms with E-state index in [1.807, 2.05) is 36.7 Å². The van der Waals surface area contributed by atoms with Crippen LogP contribution in [-0.4, -0.2) is 24.8 Å². The van der Waals surface area contributed by atoms with Gasteiger partial charge in [-0.15, -0.1) is 0 Å². The lowest BCUT2D eigenvalue weighted by molar-refractivity contribution is 0.273. The number of fused-ring (bicyclic) bond motifs is 2. The molecule has 5 rings (SSSR count). The van der Waals surface area contributed by atoms with E-state index in [9.17, 15) is 0 Å². The summed E-state index contributed by atoms with van der Waals surface area (Å²) in [5.41, 5.74) is 6.46. The van der Waals surface area contributed by atoms with Crippen LogP contribution in [0.25, 0.3) is 10.9 Å². The van der Waals surface area contributed by atoms with Crippen LogP contribution in [-0.2, 0) is 19.6 Å². The fourth-order valence-corrected chi connectivity index (χ4v) is 3.66. The molecule has 1 aliphatic rings. The Bertz CT molecular complexity index is 1160. The predicted octanol–water partition coefficient (Wildman–Crippen LogP) is 3.99. The van der Waals surface area contributed by atoms with Gasteiger partial charge in [-0.25, -0.2) is 9.97 Å². The van der Waals surface area contributed by atoms with Crippen LogP contribution in [0.3, 0.4) is 0 Å². The van der Waals surface area contributed by atoms with E-state index in [0.717, 1.165) is 59.0 Å². The van der Waals surface area contributed by atoms with Gasteiger partial charge in [-0.2, -0.15) is 0 Å². The number of pyridine rings is 2. The lowest BCUT2D eigenvalue weighted by Crippen LogP contribution is -2.16. The summed E-state index contributed by atoms with van der Waals surface area (Å²) in [7, 11) is 0. The summed E-state index contributed by atoms with van der Waals surface area (Å²) in [6.45, 7) is 4.54. The van der Waals surface area contributed by atoms with Gasteiger partial charge in [0.2, 0.25) is 0 Å². The fraction of sp³-hybridized carbons (Fsp3) is 0.182. The fourth-order valence-electron chi connectivity index (χ4n) is 3.66. The first-order valence-corrected chi connectivity index (χ1v) is 9.34. The van der Waals surface area contributed by atoms with Crippen molar-refractivity contribution in [3.8, 4) is 0 Å². The smallest absolute Gasteiger partial charge is 0.138 e. The Labute approximate surface area is 163 Å². The summed E-state index contributed by atoms with van der Waals surface area (Å²) >= 11 is 0. The number of aryl methyl sites for hydroxylation is 1. The zero-order valence-electron chi connectivity index (χ0n) is 15.6. The number of para-hydroxylation sites is 1. The van der Waals surface area contributed by atoms with Crippen LogP contribution in [0.5, 0.6) is 0 Å². The molecule has 1 aliphatic heterocycles. The van der Waals surface area contributed by atoms with Gasteiger partial charge in [0, 0.05) is 42.5 Å². The number of nitrogens with one attached hydrogen (secondary N) is 1. The first-order chi connectivity index (χ1) is 13.8. The van der Waals surface area contributed by atoms with Crippen LogP contribution in [0.15, 0.2) is 61.2 Å². The minimum Gasteiger partial charge on any atom is -0.339 e. The molecule has 28 heavy (non-hydrogen) atoms. The molecule has 6 heteroatoms. The van der Waals surface area contributed by atoms with Crippen LogP contribution in [0.4, 0.5) is 11.5 Å². The summed E-state index contributed by atoms with van der Waals surface area (Å²) in [6, 6.07) is 14.3. The lowest BCUT2D eigenvalue weighted by Gasteiger charge is -2.15. The van der Waals surface area contributed by atoms with E-state index in [4.69, 9.17) is 0 Å². The van der Waals surface area contributed by atoms with E-state index in [0.29, 0.717) is 0 Å². The second-order valence-electron chi connectivity index (χ2n) is 7.08. The summed E-state index contributed by atoms with van der Waals surface area (Å²) in [5.74, 6) is 0.854. The number of hydrogen-bond acceptors (Lipinski definition) is 6. The molecular weight excluding hydrogens is 348 g/mol. The minimum absolute atomic E-state index is 0.813. The maximum absolute atomic E-state index is 4.53. The van der Waals surface area contributed by atoms with Gasteiger partial charge in [0.25, 0.3) is 0 Å². The van der Waals surface area contributed by atoms with E-state index in [1.54, 1.807) is 6.33 Å². The molecule has 0 unspecified atom stereocenters. The molecule has 6 nitrogen and oxygen atoms in total. The van der Waals surface area contributed by atoms with Crippen LogP contribution in [0.1, 0.15) is 22.5 Å². The highest BCUT2D eigenvalue weighted by atomic mass is 15.2. The minimum atomic E-state index is 0.813. The highest BCUT2D eigenvalue weighted by Crippen LogP contribution is 2.29. The van der Waals surface area contributed by atoms with Crippen molar-refractivity contribution in [2.24, 2.45) is 0 Å². The number of benzene rings is 1. The molecule has 0 saturated heterocycles. The van der Waals surface area contributed by atoms with Crippen LogP contribution >= 0.6 is 0 Å². The first-order valence-electron chi connectivity index (χ1n) is 9.34. The second-order valence-corrected chi connectivity index (χ2v) is 7.08. The number of hydrogen-bond donors (Lipinski definition) is 1. The molecule has 0 amide bonds. The van der Waals surface area contributed by atoms with Gasteiger partial charge in [-0.3, -0.25) is 14.9 Å². The molecule has 0 fully saturated rings. The molecular formula is C22H20N6. The molecule has 1 aromatic carbocycles. The van der Waals surface area contributed by atoms with E-state index in [1.165, 1.54) is 5.56 Å². The summed E-state index contributed by atoms with van der Waals surface area (Å²) < 4.78 is 0. The van der Waals surface area contributed by atoms with Crippen molar-refractivity contribution in [1.82, 2.24) is 24.8 Å². The van der Waals surface area contributed by atoms with Gasteiger partial charge in [0.05, 0.1) is 23.1 Å². The quantitative estimate of drug-likeness (QED) is 0.588. The van der Waals surface area contributed by atoms with Crippen LogP contribution in [0.2, 0.25) is 0 Å². The van der Waals surface area contributed by atoms with Crippen LogP contribution < -0.4 is 5.32 Å². The van der Waals surface area contributed by atoms with Crippen molar-refractivity contribution in [1.29, 1.82) is 0 Å². The number of rotatable bonds is 4. The average molecular weight is 368 g/mol. The Balaban J connectivity index is 1.39. The molecule has 1 N–H and O–H groups in total. The Kier molecular flexibility index (Phi) is 4.18. The van der Waals surface area contributed by atoms with Gasteiger partial charge >= 0.3 is 0 Å². The third-order valence-corrected chi connectivity index (χ3v) is 5.15. The van der Waals surface area contributed by atoms with E-state index >= 15 is 0 Å². The van der Waals surface area contributed by atoms with Gasteiger partial charge in [0.1, 0.15) is 12.1 Å².